The maximum Gasteiger partial charge on any atom is 0.183 e. The molecule has 1 heterocycles. The summed E-state index contributed by atoms with van der Waals surface area (Å²) in [5.41, 5.74) is 0. The van der Waals surface area contributed by atoms with Crippen LogP contribution in [0.5, 0.6) is 0 Å². The quantitative estimate of drug-likeness (QED) is 0.691. The van der Waals surface area contributed by atoms with Gasteiger partial charge in [-0.15, -0.1) is 11.3 Å². The lowest BCUT2D eigenvalue weighted by Gasteiger charge is -2.00. The summed E-state index contributed by atoms with van der Waals surface area (Å²) in [4.78, 5) is 4.97. The van der Waals surface area contributed by atoms with Gasteiger partial charge in [0, 0.05) is 26.5 Å². The van der Waals surface area contributed by atoms with E-state index < -0.39 is 0 Å². The lowest BCUT2D eigenvalue weighted by Crippen LogP contribution is -1.98. The van der Waals surface area contributed by atoms with Crippen molar-refractivity contribution in [3.05, 3.63) is 15.5 Å². The number of aromatic nitrogens is 1. The van der Waals surface area contributed by atoms with E-state index in [-0.39, 0.29) is 0 Å². The number of halogens is 1. The average molecular weight is 222 g/mol. The Bertz CT molecular complexity index is 242. The van der Waals surface area contributed by atoms with Crippen molar-refractivity contribution in [2.45, 2.75) is 13.0 Å². The Hall–Kier alpha value is -0.160. The van der Waals surface area contributed by atoms with Crippen LogP contribution in [0.15, 0.2) is 6.20 Å². The molecule has 0 unspecified atom stereocenters. The lowest BCUT2D eigenvalue weighted by molar-refractivity contribution is 0.0942. The van der Waals surface area contributed by atoms with Gasteiger partial charge in [0.2, 0.25) is 0 Å². The van der Waals surface area contributed by atoms with E-state index in [0.717, 1.165) is 17.9 Å². The van der Waals surface area contributed by atoms with Gasteiger partial charge in [0.05, 0.1) is 11.5 Å². The third-order valence-electron chi connectivity index (χ3n) is 1.41. The highest BCUT2D eigenvalue weighted by molar-refractivity contribution is 7.15. The van der Waals surface area contributed by atoms with Crippen LogP contribution in [0.25, 0.3) is 0 Å². The fourth-order valence-corrected chi connectivity index (χ4v) is 1.74. The summed E-state index contributed by atoms with van der Waals surface area (Å²) in [7, 11) is 1.68. The summed E-state index contributed by atoms with van der Waals surface area (Å²) >= 11 is 7.10. The standard InChI is InChI=1S/C8H12ClNO2S/c1-11-3-2-4-12-6-7-5-10-8(9)13-7/h5H,2-4,6H2,1H3. The van der Waals surface area contributed by atoms with Crippen molar-refractivity contribution in [3.8, 4) is 0 Å². The SMILES string of the molecule is COCCCOCc1cnc(Cl)s1. The smallest absolute Gasteiger partial charge is 0.183 e. The molecule has 74 valence electrons. The second-order valence-corrected chi connectivity index (χ2v) is 4.18. The Labute approximate surface area is 86.6 Å². The Balaban J connectivity index is 2.06. The molecule has 0 amide bonds. The van der Waals surface area contributed by atoms with Crippen molar-refractivity contribution in [2.75, 3.05) is 20.3 Å². The van der Waals surface area contributed by atoms with Crippen LogP contribution in [0.3, 0.4) is 0 Å². The van der Waals surface area contributed by atoms with Gasteiger partial charge < -0.3 is 9.47 Å². The van der Waals surface area contributed by atoms with Gasteiger partial charge >= 0.3 is 0 Å². The lowest BCUT2D eigenvalue weighted by atomic mass is 10.5. The normalized spacial score (nSPS) is 10.6. The van der Waals surface area contributed by atoms with Crippen molar-refractivity contribution in [1.29, 1.82) is 0 Å². The molecule has 0 N–H and O–H groups in total. The average Bonchev–Trinajstić information content (AvgIpc) is 2.51. The van der Waals surface area contributed by atoms with E-state index in [2.05, 4.69) is 4.98 Å². The summed E-state index contributed by atoms with van der Waals surface area (Å²) in [6, 6.07) is 0. The molecule has 0 bridgehead atoms. The number of thiazole rings is 1. The summed E-state index contributed by atoms with van der Waals surface area (Å²) in [6.45, 7) is 2.04. The van der Waals surface area contributed by atoms with Crippen LogP contribution in [-0.2, 0) is 16.1 Å². The van der Waals surface area contributed by atoms with E-state index in [1.807, 2.05) is 0 Å². The number of ether oxygens (including phenoxy) is 2. The number of nitrogens with zero attached hydrogens (tertiary/aromatic N) is 1. The predicted molar refractivity (Wildman–Crippen MR) is 53.3 cm³/mol. The third kappa shape index (κ3) is 4.57. The summed E-state index contributed by atoms with van der Waals surface area (Å²) < 4.78 is 10.8. The second kappa shape index (κ2) is 6.32. The molecule has 1 rings (SSSR count). The van der Waals surface area contributed by atoms with Gasteiger partial charge in [-0.25, -0.2) is 4.98 Å². The summed E-state index contributed by atoms with van der Waals surface area (Å²) in [6.07, 6.45) is 2.66. The van der Waals surface area contributed by atoms with Crippen molar-refractivity contribution in [1.82, 2.24) is 4.98 Å². The molecule has 0 saturated heterocycles. The maximum absolute atomic E-state index is 5.65. The molecule has 0 fully saturated rings. The van der Waals surface area contributed by atoms with Gasteiger partial charge in [0.1, 0.15) is 0 Å². The summed E-state index contributed by atoms with van der Waals surface area (Å²) in [5.74, 6) is 0. The highest BCUT2D eigenvalue weighted by Gasteiger charge is 1.98. The minimum atomic E-state index is 0.565. The zero-order chi connectivity index (χ0) is 9.52. The van der Waals surface area contributed by atoms with Crippen molar-refractivity contribution >= 4 is 22.9 Å². The zero-order valence-corrected chi connectivity index (χ0v) is 9.03. The van der Waals surface area contributed by atoms with Gasteiger partial charge in [-0.3, -0.25) is 0 Å². The molecule has 0 atom stereocenters. The molecule has 0 aliphatic carbocycles. The molecule has 0 saturated carbocycles. The molecule has 0 spiro atoms. The van der Waals surface area contributed by atoms with E-state index in [0.29, 0.717) is 17.7 Å². The first-order chi connectivity index (χ1) is 6.33. The minimum Gasteiger partial charge on any atom is -0.385 e. The Kier molecular flexibility index (Phi) is 5.31. The molecule has 1 aromatic heterocycles. The van der Waals surface area contributed by atoms with Crippen LogP contribution in [0.2, 0.25) is 4.47 Å². The number of rotatable bonds is 6. The number of hydrogen-bond donors (Lipinski definition) is 0. The first-order valence-corrected chi connectivity index (χ1v) is 5.19. The van der Waals surface area contributed by atoms with E-state index in [1.165, 1.54) is 11.3 Å². The van der Waals surface area contributed by atoms with Gasteiger partial charge in [-0.05, 0) is 6.42 Å². The van der Waals surface area contributed by atoms with Crippen LogP contribution in [0, 0.1) is 0 Å². The highest BCUT2D eigenvalue weighted by Crippen LogP contribution is 2.18. The molecule has 0 aliphatic rings. The fourth-order valence-electron chi connectivity index (χ4n) is 0.828. The molecule has 3 nitrogen and oxygen atoms in total. The molecule has 0 radical (unpaired) electrons. The molecule has 13 heavy (non-hydrogen) atoms. The Morgan fingerprint density at radius 3 is 3.00 bits per heavy atom. The van der Waals surface area contributed by atoms with Crippen molar-refractivity contribution in [2.24, 2.45) is 0 Å². The van der Waals surface area contributed by atoms with E-state index in [1.54, 1.807) is 13.3 Å². The van der Waals surface area contributed by atoms with Crippen LogP contribution >= 0.6 is 22.9 Å². The molecular formula is C8H12ClNO2S. The van der Waals surface area contributed by atoms with Crippen LogP contribution in [0.4, 0.5) is 0 Å². The fraction of sp³-hybridized carbons (Fsp3) is 0.625. The maximum atomic E-state index is 5.65. The van der Waals surface area contributed by atoms with E-state index >= 15 is 0 Å². The molecule has 0 aromatic carbocycles. The highest BCUT2D eigenvalue weighted by atomic mass is 35.5. The van der Waals surface area contributed by atoms with Crippen molar-refractivity contribution < 1.29 is 9.47 Å². The van der Waals surface area contributed by atoms with Crippen LogP contribution in [0.1, 0.15) is 11.3 Å². The monoisotopic (exact) mass is 221 g/mol. The van der Waals surface area contributed by atoms with E-state index in [9.17, 15) is 0 Å². The van der Waals surface area contributed by atoms with Gasteiger partial charge in [0.15, 0.2) is 4.47 Å². The second-order valence-electron chi connectivity index (χ2n) is 2.48. The van der Waals surface area contributed by atoms with Crippen LogP contribution < -0.4 is 0 Å². The first kappa shape index (κ1) is 10.9. The zero-order valence-electron chi connectivity index (χ0n) is 7.46. The Morgan fingerprint density at radius 1 is 1.54 bits per heavy atom. The molecular weight excluding hydrogens is 210 g/mol. The van der Waals surface area contributed by atoms with Crippen molar-refractivity contribution in [3.63, 3.8) is 0 Å². The largest absolute Gasteiger partial charge is 0.385 e. The Morgan fingerprint density at radius 2 is 2.38 bits per heavy atom. The number of methoxy groups -OCH3 is 1. The van der Waals surface area contributed by atoms with Gasteiger partial charge in [-0.1, -0.05) is 11.6 Å². The number of hydrogen-bond acceptors (Lipinski definition) is 4. The first-order valence-electron chi connectivity index (χ1n) is 4.00. The van der Waals surface area contributed by atoms with Gasteiger partial charge in [0.25, 0.3) is 0 Å². The molecule has 1 aromatic rings. The summed E-state index contributed by atoms with van der Waals surface area (Å²) in [5, 5.41) is 0. The van der Waals surface area contributed by atoms with Gasteiger partial charge in [-0.2, -0.15) is 0 Å². The van der Waals surface area contributed by atoms with E-state index in [4.69, 9.17) is 21.1 Å². The topological polar surface area (TPSA) is 31.4 Å². The minimum absolute atomic E-state index is 0.565. The predicted octanol–water partition coefficient (Wildman–Crippen LogP) is 2.35. The molecule has 5 heteroatoms. The van der Waals surface area contributed by atoms with Crippen LogP contribution in [-0.4, -0.2) is 25.3 Å². The third-order valence-corrected chi connectivity index (χ3v) is 2.50. The molecule has 0 aliphatic heterocycles.